The van der Waals surface area contributed by atoms with E-state index in [-0.39, 0.29) is 45.0 Å². The zero-order valence-corrected chi connectivity index (χ0v) is 24.0. The van der Waals surface area contributed by atoms with Crippen LogP contribution >= 0.6 is 0 Å². The van der Waals surface area contributed by atoms with Crippen LogP contribution in [-0.4, -0.2) is 95.0 Å². The van der Waals surface area contributed by atoms with Crippen LogP contribution in [0, 0.1) is 18.2 Å². The molecule has 10 nitrogen and oxygen atoms in total. The number of rotatable bonds is 4. The van der Waals surface area contributed by atoms with E-state index in [0.717, 1.165) is 6.92 Å². The van der Waals surface area contributed by atoms with Crippen LogP contribution in [0.2, 0.25) is 0 Å². The number of hydrogen-bond donors (Lipinski definition) is 2. The van der Waals surface area contributed by atoms with Crippen molar-refractivity contribution in [3.8, 4) is 23.1 Å². The fourth-order valence-electron chi connectivity index (χ4n) is 6.92. The quantitative estimate of drug-likeness (QED) is 0.398. The van der Waals surface area contributed by atoms with Gasteiger partial charge in [0, 0.05) is 38.2 Å². The Morgan fingerprint density at radius 3 is 2.48 bits per heavy atom. The maximum absolute atomic E-state index is 16.5. The van der Waals surface area contributed by atoms with Crippen molar-refractivity contribution in [2.45, 2.75) is 49.8 Å². The van der Waals surface area contributed by atoms with Gasteiger partial charge in [0.25, 0.3) is 5.92 Å². The van der Waals surface area contributed by atoms with Gasteiger partial charge in [0.1, 0.15) is 34.8 Å². The third-order valence-corrected chi connectivity index (χ3v) is 9.15. The number of nitrogens with two attached hydrogens (primary N) is 1. The van der Waals surface area contributed by atoms with Crippen molar-refractivity contribution < 1.29 is 49.0 Å². The highest BCUT2D eigenvalue weighted by atomic mass is 19.4. The minimum Gasteiger partial charge on any atom is -0.462 e. The van der Waals surface area contributed by atoms with Crippen molar-refractivity contribution >= 4 is 22.5 Å². The highest BCUT2D eigenvalue weighted by molar-refractivity contribution is 5.97. The first kappa shape index (κ1) is 30.8. The molecule has 3 N–H and O–H groups in total. The molecule has 1 saturated carbocycles. The van der Waals surface area contributed by atoms with E-state index in [1.807, 2.05) is 0 Å². The van der Waals surface area contributed by atoms with E-state index in [1.54, 1.807) is 11.9 Å². The number of nitrogen functional groups attached to an aromatic ring is 1. The van der Waals surface area contributed by atoms with Crippen LogP contribution in [0.25, 0.3) is 22.2 Å². The summed E-state index contributed by atoms with van der Waals surface area (Å²) < 4.78 is 142. The van der Waals surface area contributed by atoms with Crippen LogP contribution in [0.3, 0.4) is 0 Å². The summed E-state index contributed by atoms with van der Waals surface area (Å²) in [5.74, 6) is -5.92. The molecule has 0 radical (unpaired) electrons. The Hall–Kier alpha value is -3.87. The smallest absolute Gasteiger partial charge is 0.427 e. The minimum absolute atomic E-state index is 0.0615. The van der Waals surface area contributed by atoms with E-state index in [2.05, 4.69) is 25.3 Å². The second-order valence-electron chi connectivity index (χ2n) is 12.0. The van der Waals surface area contributed by atoms with Crippen LogP contribution < -0.4 is 25.4 Å². The van der Waals surface area contributed by atoms with Gasteiger partial charge >= 0.3 is 18.4 Å². The predicted molar refractivity (Wildman–Crippen MR) is 143 cm³/mol. The Bertz CT molecular complexity index is 1750. The number of likely N-dealkylation sites (tertiary alicyclic amines) is 1. The fourth-order valence-corrected chi connectivity index (χ4v) is 6.92. The normalized spacial score (nSPS) is 27.2. The summed E-state index contributed by atoms with van der Waals surface area (Å²) in [6.45, 7) is 0.610. The Morgan fingerprint density at radius 1 is 1.13 bits per heavy atom. The molecule has 3 aromatic rings. The van der Waals surface area contributed by atoms with E-state index in [4.69, 9.17) is 15.2 Å². The van der Waals surface area contributed by atoms with E-state index < -0.39 is 98.8 Å². The molecular formula is C27H25F9N8O2. The maximum atomic E-state index is 16.5. The molecule has 4 aliphatic rings. The molecule has 3 aromatic heterocycles. The number of hydrogen-bond acceptors (Lipinski definition) is 10. The molecule has 6 heterocycles. The summed E-state index contributed by atoms with van der Waals surface area (Å²) in [6.07, 6.45) is -13.0. The lowest BCUT2D eigenvalue weighted by molar-refractivity contribution is -0.201. The number of pyridine rings is 2. The molecule has 248 valence electrons. The standard InChI is InChI=1S/C27H25F9N8O2/c1-10-16(26(31,32)33)11(5-14(37)39-10)18-17(28)19-15-21(42-23(41-19)45-7-13-24(9-43(13)2)8-25(24,29)30)44-4-3-38-6-12(44)20(27(34,35)36)46-22(15)40-18/h5,12-13,20,38H,3-4,6-9H2,1-2H3,(H2,37,39)/t12-,13-,20+,24+/m0/s1. The van der Waals surface area contributed by atoms with Crippen LogP contribution in [0.5, 0.6) is 11.9 Å². The summed E-state index contributed by atoms with van der Waals surface area (Å²) in [6, 6.07) is -2.10. The molecule has 1 spiro atoms. The number of alkyl halides is 8. The Morgan fingerprint density at radius 2 is 1.85 bits per heavy atom. The molecule has 2 saturated heterocycles. The van der Waals surface area contributed by atoms with Crippen molar-refractivity contribution in [3.05, 3.63) is 23.1 Å². The minimum atomic E-state index is -5.10. The zero-order valence-electron chi connectivity index (χ0n) is 24.0. The Labute approximate surface area is 254 Å². The van der Waals surface area contributed by atoms with Crippen molar-refractivity contribution in [1.29, 1.82) is 0 Å². The summed E-state index contributed by atoms with van der Waals surface area (Å²) in [7, 11) is 1.60. The highest BCUT2D eigenvalue weighted by Gasteiger charge is 2.79. The van der Waals surface area contributed by atoms with Gasteiger partial charge in [-0.1, -0.05) is 0 Å². The Kier molecular flexibility index (Phi) is 6.57. The average molecular weight is 665 g/mol. The molecule has 1 aliphatic carbocycles. The predicted octanol–water partition coefficient (Wildman–Crippen LogP) is 3.96. The fraction of sp³-hybridized carbons (Fsp3) is 0.556. The summed E-state index contributed by atoms with van der Waals surface area (Å²) in [5, 5.41) is 2.42. The van der Waals surface area contributed by atoms with Gasteiger partial charge < -0.3 is 25.4 Å². The van der Waals surface area contributed by atoms with Crippen LogP contribution in [-0.2, 0) is 6.18 Å². The van der Waals surface area contributed by atoms with Gasteiger partial charge in [-0.05, 0) is 20.0 Å². The molecule has 46 heavy (non-hydrogen) atoms. The van der Waals surface area contributed by atoms with Crippen LogP contribution in [0.1, 0.15) is 17.7 Å². The van der Waals surface area contributed by atoms with Gasteiger partial charge in [-0.3, -0.25) is 4.90 Å². The number of anilines is 2. The number of halogens is 9. The van der Waals surface area contributed by atoms with Crippen molar-refractivity contribution in [2.24, 2.45) is 5.41 Å². The second kappa shape index (κ2) is 9.82. The molecule has 3 fully saturated rings. The first-order valence-electron chi connectivity index (χ1n) is 14.1. The highest BCUT2D eigenvalue weighted by Crippen LogP contribution is 2.68. The topological polar surface area (TPSA) is 115 Å². The Balaban J connectivity index is 1.43. The molecule has 0 aromatic carbocycles. The number of likely N-dealkylation sites (N-methyl/N-ethyl adjacent to an activating group) is 1. The molecule has 0 amide bonds. The zero-order chi connectivity index (χ0) is 33.1. The maximum Gasteiger partial charge on any atom is 0.427 e. The summed E-state index contributed by atoms with van der Waals surface area (Å²) >= 11 is 0. The molecule has 3 aliphatic heterocycles. The van der Waals surface area contributed by atoms with Crippen molar-refractivity contribution in [2.75, 3.05) is 50.5 Å². The lowest BCUT2D eigenvalue weighted by Crippen LogP contribution is -2.61. The van der Waals surface area contributed by atoms with E-state index in [9.17, 15) is 35.1 Å². The number of nitrogens with zero attached hydrogens (tertiary/aromatic N) is 6. The van der Waals surface area contributed by atoms with Crippen molar-refractivity contribution in [3.63, 3.8) is 0 Å². The van der Waals surface area contributed by atoms with Crippen molar-refractivity contribution in [1.82, 2.24) is 30.2 Å². The van der Waals surface area contributed by atoms with Gasteiger partial charge in [0.05, 0.1) is 28.8 Å². The largest absolute Gasteiger partial charge is 0.462 e. The summed E-state index contributed by atoms with van der Waals surface area (Å²) in [4.78, 5) is 18.7. The number of fused-ring (bicyclic) bond motifs is 2. The third-order valence-electron chi connectivity index (χ3n) is 9.15. The van der Waals surface area contributed by atoms with Gasteiger partial charge in [-0.15, -0.1) is 0 Å². The van der Waals surface area contributed by atoms with Gasteiger partial charge in [0.15, 0.2) is 5.82 Å². The van der Waals surface area contributed by atoms with Crippen LogP contribution in [0.4, 0.5) is 51.1 Å². The molecule has 19 heteroatoms. The first-order valence-corrected chi connectivity index (χ1v) is 14.1. The lowest BCUT2D eigenvalue weighted by atomic mass is 9.85. The summed E-state index contributed by atoms with van der Waals surface area (Å²) in [5.41, 5.74) is -0.349. The molecule has 0 unspecified atom stereocenters. The van der Waals surface area contributed by atoms with E-state index in [1.165, 1.54) is 4.90 Å². The number of aromatic nitrogens is 4. The monoisotopic (exact) mass is 664 g/mol. The number of nitrogens with one attached hydrogen (secondary N) is 1. The van der Waals surface area contributed by atoms with E-state index in [0.29, 0.717) is 6.07 Å². The second-order valence-corrected chi connectivity index (χ2v) is 12.0. The molecule has 4 atom stereocenters. The van der Waals surface area contributed by atoms with Crippen LogP contribution in [0.15, 0.2) is 6.07 Å². The molecule has 7 rings (SSSR count). The van der Waals surface area contributed by atoms with Gasteiger partial charge in [-0.2, -0.15) is 36.3 Å². The first-order chi connectivity index (χ1) is 21.4. The van der Waals surface area contributed by atoms with Gasteiger partial charge in [-0.25, -0.2) is 23.1 Å². The number of ether oxygens (including phenoxy) is 2. The molecular weight excluding hydrogens is 639 g/mol. The third kappa shape index (κ3) is 4.56. The van der Waals surface area contributed by atoms with Gasteiger partial charge in [0.2, 0.25) is 12.0 Å². The lowest BCUT2D eigenvalue weighted by Gasteiger charge is -2.46. The number of aryl methyl sites for hydroxylation is 1. The molecule has 0 bridgehead atoms. The van der Waals surface area contributed by atoms with E-state index >= 15 is 4.39 Å². The average Bonchev–Trinajstić information content (AvgIpc) is 3.56. The number of piperazine rings is 1. The SMILES string of the molecule is Cc1nc(N)cc(-c2nc3c4c(nc(OC[C@@H]5N(C)C[C@]56CC6(F)F)nc4c2F)N2CCNC[C@H]2[C@H](C(F)(F)F)O3)c1C(F)(F)F.